The number of hydrogen-bond donors (Lipinski definition) is 1. The van der Waals surface area contributed by atoms with E-state index in [1.807, 2.05) is 0 Å². The zero-order chi connectivity index (χ0) is 16.7. The van der Waals surface area contributed by atoms with Crippen molar-refractivity contribution in [1.82, 2.24) is 0 Å². The Morgan fingerprint density at radius 1 is 1.13 bits per heavy atom. The van der Waals surface area contributed by atoms with Crippen molar-refractivity contribution < 1.29 is 18.7 Å². The highest BCUT2D eigenvalue weighted by atomic mass is 19.1. The number of rotatable bonds is 6. The summed E-state index contributed by atoms with van der Waals surface area (Å²) in [5.74, 6) is -0.0592. The van der Waals surface area contributed by atoms with E-state index in [0.717, 1.165) is 0 Å². The molecule has 0 saturated heterocycles. The molecule has 2 aromatic carbocycles. The van der Waals surface area contributed by atoms with Gasteiger partial charge < -0.3 is 14.8 Å². The van der Waals surface area contributed by atoms with Crippen molar-refractivity contribution in [2.24, 2.45) is 0 Å². The van der Waals surface area contributed by atoms with E-state index in [1.54, 1.807) is 56.6 Å². The Balaban J connectivity index is 2.26. The topological polar surface area (TPSA) is 47.6 Å². The lowest BCUT2D eigenvalue weighted by atomic mass is 10.1. The van der Waals surface area contributed by atoms with E-state index >= 15 is 0 Å². The van der Waals surface area contributed by atoms with E-state index in [9.17, 15) is 9.18 Å². The van der Waals surface area contributed by atoms with Gasteiger partial charge in [0.15, 0.2) is 0 Å². The average molecular weight is 315 g/mol. The molecule has 0 bridgehead atoms. The highest BCUT2D eigenvalue weighted by Crippen LogP contribution is 2.20. The van der Waals surface area contributed by atoms with Crippen molar-refractivity contribution in [3.05, 3.63) is 66.1 Å². The van der Waals surface area contributed by atoms with Gasteiger partial charge >= 0.3 is 5.97 Å². The van der Waals surface area contributed by atoms with E-state index in [4.69, 9.17) is 9.47 Å². The average Bonchev–Trinajstić information content (AvgIpc) is 2.57. The van der Waals surface area contributed by atoms with Gasteiger partial charge in [-0.3, -0.25) is 0 Å². The van der Waals surface area contributed by atoms with E-state index in [1.165, 1.54) is 12.1 Å². The summed E-state index contributed by atoms with van der Waals surface area (Å²) in [6.07, 6.45) is 1.55. The number of esters is 1. The van der Waals surface area contributed by atoms with Crippen molar-refractivity contribution in [3.63, 3.8) is 0 Å². The summed E-state index contributed by atoms with van der Waals surface area (Å²) in [6.45, 7) is 2.03. The maximum atomic E-state index is 12.9. The molecule has 0 heterocycles. The normalized spacial score (nSPS) is 11.0. The molecule has 0 aliphatic heterocycles. The van der Waals surface area contributed by atoms with Gasteiger partial charge in [-0.2, -0.15) is 0 Å². The number of anilines is 1. The second-order valence-corrected chi connectivity index (χ2v) is 4.66. The summed E-state index contributed by atoms with van der Waals surface area (Å²) in [7, 11) is 1.58. The van der Waals surface area contributed by atoms with Crippen molar-refractivity contribution in [2.45, 2.75) is 6.92 Å². The van der Waals surface area contributed by atoms with Gasteiger partial charge in [0.2, 0.25) is 0 Å². The summed E-state index contributed by atoms with van der Waals surface area (Å²) in [4.78, 5) is 12.2. The minimum absolute atomic E-state index is 0.281. The van der Waals surface area contributed by atoms with Crippen LogP contribution in [0.25, 0.3) is 5.57 Å². The van der Waals surface area contributed by atoms with Gasteiger partial charge in [-0.1, -0.05) is 12.1 Å². The summed E-state index contributed by atoms with van der Waals surface area (Å²) in [5.41, 5.74) is 1.74. The first-order valence-electron chi connectivity index (χ1n) is 7.18. The molecule has 0 aliphatic rings. The van der Waals surface area contributed by atoms with E-state index in [0.29, 0.717) is 22.6 Å². The van der Waals surface area contributed by atoms with Gasteiger partial charge in [-0.05, 0) is 48.9 Å². The van der Waals surface area contributed by atoms with Gasteiger partial charge in [-0.15, -0.1) is 0 Å². The van der Waals surface area contributed by atoms with Crippen LogP contribution in [0.5, 0.6) is 5.75 Å². The minimum Gasteiger partial charge on any atom is -0.497 e. The molecule has 2 rings (SSSR count). The molecule has 120 valence electrons. The summed E-state index contributed by atoms with van der Waals surface area (Å²) in [6, 6.07) is 12.9. The first-order valence-corrected chi connectivity index (χ1v) is 7.18. The molecule has 0 radical (unpaired) electrons. The molecule has 23 heavy (non-hydrogen) atoms. The predicted molar refractivity (Wildman–Crippen MR) is 87.6 cm³/mol. The molecule has 5 heteroatoms. The standard InChI is InChI=1S/C18H18FNO3/c1-3-23-18(21)17(13-4-10-16(22-2)11-5-13)12-20-15-8-6-14(19)7-9-15/h4-12,20H,3H2,1-2H3/b17-12+. The van der Waals surface area contributed by atoms with Crippen LogP contribution in [-0.2, 0) is 9.53 Å². The highest BCUT2D eigenvalue weighted by molar-refractivity contribution is 6.16. The van der Waals surface area contributed by atoms with Crippen LogP contribution < -0.4 is 10.1 Å². The Morgan fingerprint density at radius 2 is 1.78 bits per heavy atom. The first kappa shape index (κ1) is 16.5. The van der Waals surface area contributed by atoms with Crippen LogP contribution >= 0.6 is 0 Å². The zero-order valence-electron chi connectivity index (χ0n) is 13.0. The van der Waals surface area contributed by atoms with Crippen molar-refractivity contribution in [1.29, 1.82) is 0 Å². The molecule has 2 aromatic rings. The maximum absolute atomic E-state index is 12.9. The fourth-order valence-corrected chi connectivity index (χ4v) is 1.94. The van der Waals surface area contributed by atoms with Crippen LogP contribution in [0.4, 0.5) is 10.1 Å². The number of methoxy groups -OCH3 is 1. The van der Waals surface area contributed by atoms with Crippen molar-refractivity contribution in [2.75, 3.05) is 19.0 Å². The van der Waals surface area contributed by atoms with Crippen molar-refractivity contribution >= 4 is 17.2 Å². The first-order chi connectivity index (χ1) is 11.1. The van der Waals surface area contributed by atoms with Gasteiger partial charge in [0.1, 0.15) is 11.6 Å². The van der Waals surface area contributed by atoms with E-state index in [2.05, 4.69) is 5.32 Å². The molecular weight excluding hydrogens is 297 g/mol. The highest BCUT2D eigenvalue weighted by Gasteiger charge is 2.13. The van der Waals surface area contributed by atoms with Crippen LogP contribution in [0, 0.1) is 5.82 Å². The summed E-state index contributed by atoms with van der Waals surface area (Å²) >= 11 is 0. The fraction of sp³-hybridized carbons (Fsp3) is 0.167. The molecular formula is C18H18FNO3. The molecule has 0 unspecified atom stereocenters. The van der Waals surface area contributed by atoms with Crippen LogP contribution in [0.3, 0.4) is 0 Å². The number of benzene rings is 2. The number of nitrogens with one attached hydrogen (secondary N) is 1. The monoisotopic (exact) mass is 315 g/mol. The second kappa shape index (κ2) is 7.98. The lowest BCUT2D eigenvalue weighted by Crippen LogP contribution is -2.08. The largest absolute Gasteiger partial charge is 0.497 e. The lowest BCUT2D eigenvalue weighted by Gasteiger charge is -2.09. The quantitative estimate of drug-likeness (QED) is 0.650. The van der Waals surface area contributed by atoms with Crippen LogP contribution in [0.1, 0.15) is 12.5 Å². The SMILES string of the molecule is CCOC(=O)/C(=C/Nc1ccc(F)cc1)c1ccc(OC)cc1. The zero-order valence-corrected chi connectivity index (χ0v) is 13.0. The third kappa shape index (κ3) is 4.57. The van der Waals surface area contributed by atoms with E-state index < -0.39 is 5.97 Å². The molecule has 0 atom stereocenters. The Morgan fingerprint density at radius 3 is 2.35 bits per heavy atom. The molecule has 0 aromatic heterocycles. The molecule has 4 nitrogen and oxygen atoms in total. The van der Waals surface area contributed by atoms with Crippen LogP contribution in [0.15, 0.2) is 54.7 Å². The Kier molecular flexibility index (Phi) is 5.74. The van der Waals surface area contributed by atoms with E-state index in [-0.39, 0.29) is 12.4 Å². The van der Waals surface area contributed by atoms with Gasteiger partial charge in [-0.25, -0.2) is 9.18 Å². The Hall–Kier alpha value is -2.82. The number of halogens is 1. The number of hydrogen-bond acceptors (Lipinski definition) is 4. The third-order valence-corrected chi connectivity index (χ3v) is 3.12. The number of carbonyl (C=O) groups is 1. The Bertz CT molecular complexity index is 678. The molecule has 0 saturated carbocycles. The van der Waals surface area contributed by atoms with Gasteiger partial charge in [0, 0.05) is 11.9 Å². The van der Waals surface area contributed by atoms with Gasteiger partial charge in [0.25, 0.3) is 0 Å². The minimum atomic E-state index is -0.438. The van der Waals surface area contributed by atoms with Crippen LogP contribution in [-0.4, -0.2) is 19.7 Å². The van der Waals surface area contributed by atoms with Crippen molar-refractivity contribution in [3.8, 4) is 5.75 Å². The molecule has 0 amide bonds. The molecule has 0 aliphatic carbocycles. The van der Waals surface area contributed by atoms with Gasteiger partial charge in [0.05, 0.1) is 19.3 Å². The Labute approximate surface area is 134 Å². The fourth-order valence-electron chi connectivity index (χ4n) is 1.94. The smallest absolute Gasteiger partial charge is 0.340 e. The summed E-state index contributed by atoms with van der Waals surface area (Å²) < 4.78 is 23.1. The number of ether oxygens (including phenoxy) is 2. The maximum Gasteiger partial charge on any atom is 0.340 e. The predicted octanol–water partition coefficient (Wildman–Crippen LogP) is 3.85. The molecule has 1 N–H and O–H groups in total. The second-order valence-electron chi connectivity index (χ2n) is 4.66. The molecule has 0 fully saturated rings. The van der Waals surface area contributed by atoms with Crippen LogP contribution in [0.2, 0.25) is 0 Å². The lowest BCUT2D eigenvalue weighted by molar-refractivity contribution is -0.136. The number of carbonyl (C=O) groups excluding carboxylic acids is 1. The molecule has 0 spiro atoms. The third-order valence-electron chi connectivity index (χ3n) is 3.12. The summed E-state index contributed by atoms with van der Waals surface area (Å²) in [5, 5.41) is 2.98.